The number of ether oxygens (including phenoxy) is 2. The second-order valence-corrected chi connectivity index (χ2v) is 8.49. The molecule has 0 radical (unpaired) electrons. The number of hydrogen-bond donors (Lipinski definition) is 1. The van der Waals surface area contributed by atoms with E-state index in [1.807, 2.05) is 91.0 Å². The van der Waals surface area contributed by atoms with Crippen molar-refractivity contribution in [1.29, 1.82) is 0 Å². The van der Waals surface area contributed by atoms with Gasteiger partial charge in [0, 0.05) is 18.7 Å². The summed E-state index contributed by atoms with van der Waals surface area (Å²) < 4.78 is 28.9. The number of aromatic amines is 1. The summed E-state index contributed by atoms with van der Waals surface area (Å²) in [5.41, 5.74) is 0.556. The quantitative estimate of drug-likeness (QED) is 0.410. The Bertz CT molecular complexity index is 1280. The number of halogens is 1. The van der Waals surface area contributed by atoms with Crippen molar-refractivity contribution < 1.29 is 13.9 Å². The lowest BCUT2D eigenvalue weighted by atomic mass is 9.80. The highest BCUT2D eigenvalue weighted by Gasteiger charge is 2.42. The van der Waals surface area contributed by atoms with E-state index in [9.17, 15) is 9.59 Å². The fourth-order valence-electron chi connectivity index (χ4n) is 4.64. The first-order valence-corrected chi connectivity index (χ1v) is 11.5. The zero-order valence-corrected chi connectivity index (χ0v) is 18.9. The predicted molar refractivity (Wildman–Crippen MR) is 130 cm³/mol. The zero-order chi connectivity index (χ0) is 24.3. The lowest BCUT2D eigenvalue weighted by molar-refractivity contribution is -0.0868. The van der Waals surface area contributed by atoms with Crippen LogP contribution in [0.1, 0.15) is 29.3 Å². The molecule has 0 spiro atoms. The highest BCUT2D eigenvalue weighted by molar-refractivity contribution is 5.47. The Morgan fingerprint density at radius 1 is 0.857 bits per heavy atom. The monoisotopic (exact) mass is 472 g/mol. The summed E-state index contributed by atoms with van der Waals surface area (Å²) in [4.78, 5) is 25.8. The minimum absolute atomic E-state index is 0.0189. The number of rotatable bonds is 7. The fraction of sp³-hybridized carbons (Fsp3) is 0.214. The highest BCUT2D eigenvalue weighted by Crippen LogP contribution is 2.41. The van der Waals surface area contributed by atoms with E-state index in [1.165, 1.54) is 16.8 Å². The Morgan fingerprint density at radius 3 is 1.86 bits per heavy atom. The molecule has 1 aliphatic rings. The molecule has 1 aliphatic heterocycles. The van der Waals surface area contributed by atoms with Crippen molar-refractivity contribution in [3.63, 3.8) is 0 Å². The molecule has 1 saturated heterocycles. The molecule has 0 saturated carbocycles. The van der Waals surface area contributed by atoms with Crippen molar-refractivity contribution >= 4 is 0 Å². The van der Waals surface area contributed by atoms with Gasteiger partial charge in [0.1, 0.15) is 24.1 Å². The topological polar surface area (TPSA) is 73.3 Å². The average Bonchev–Trinajstić information content (AvgIpc) is 3.26. The molecule has 3 aromatic carbocycles. The van der Waals surface area contributed by atoms with E-state index in [-0.39, 0.29) is 13.0 Å². The Labute approximate surface area is 201 Å². The molecule has 5 rings (SSSR count). The van der Waals surface area contributed by atoms with E-state index in [0.717, 1.165) is 16.7 Å². The number of hydrogen-bond acceptors (Lipinski definition) is 4. The predicted octanol–water partition coefficient (Wildman–Crippen LogP) is 4.17. The number of nitrogens with one attached hydrogen (secondary N) is 1. The van der Waals surface area contributed by atoms with E-state index in [1.54, 1.807) is 0 Å². The largest absolute Gasteiger partial charge is 0.358 e. The number of H-pyrrole nitrogens is 1. The molecule has 0 aliphatic carbocycles. The minimum Gasteiger partial charge on any atom is -0.358 e. The first-order valence-electron chi connectivity index (χ1n) is 11.5. The Hall–Kier alpha value is -3.81. The molecule has 1 aromatic heterocycles. The van der Waals surface area contributed by atoms with Crippen LogP contribution in [0.15, 0.2) is 113 Å². The van der Waals surface area contributed by atoms with E-state index in [0.29, 0.717) is 0 Å². The molecule has 0 amide bonds. The number of nitrogens with zero attached hydrogens (tertiary/aromatic N) is 1. The maximum Gasteiger partial charge on any atom is 0.330 e. The smallest absolute Gasteiger partial charge is 0.330 e. The van der Waals surface area contributed by atoms with Crippen molar-refractivity contribution in [2.24, 2.45) is 0 Å². The molecule has 0 unspecified atom stereocenters. The van der Waals surface area contributed by atoms with Crippen LogP contribution >= 0.6 is 0 Å². The third-order valence-electron chi connectivity index (χ3n) is 6.33. The van der Waals surface area contributed by atoms with Gasteiger partial charge in [-0.3, -0.25) is 14.3 Å². The van der Waals surface area contributed by atoms with Gasteiger partial charge < -0.3 is 9.47 Å². The zero-order valence-electron chi connectivity index (χ0n) is 18.9. The molecule has 35 heavy (non-hydrogen) atoms. The van der Waals surface area contributed by atoms with Crippen LogP contribution in [0.25, 0.3) is 0 Å². The fourth-order valence-corrected chi connectivity index (χ4v) is 4.64. The summed E-state index contributed by atoms with van der Waals surface area (Å²) >= 11 is 0. The molecule has 1 N–H and O–H groups in total. The van der Waals surface area contributed by atoms with E-state index in [4.69, 9.17) is 9.47 Å². The van der Waals surface area contributed by atoms with Gasteiger partial charge in [-0.2, -0.15) is 0 Å². The van der Waals surface area contributed by atoms with Gasteiger partial charge in [-0.25, -0.2) is 9.18 Å². The van der Waals surface area contributed by atoms with Crippen LogP contribution < -0.4 is 11.2 Å². The molecule has 178 valence electrons. The van der Waals surface area contributed by atoms with Crippen molar-refractivity contribution in [1.82, 2.24) is 9.55 Å². The van der Waals surface area contributed by atoms with Gasteiger partial charge in [0.25, 0.3) is 5.56 Å². The van der Waals surface area contributed by atoms with Crippen molar-refractivity contribution in [2.45, 2.75) is 30.5 Å². The summed E-state index contributed by atoms with van der Waals surface area (Å²) in [5.74, 6) is 0. The van der Waals surface area contributed by atoms with Crippen LogP contribution in [-0.2, 0) is 15.1 Å². The molecule has 3 atom stereocenters. The standard InChI is InChI=1S/C28H25FN2O4/c29-23-18-26(31-17-16-25(32)30-27(31)33)35-24(23)19-34-28(20-10-4-1-5-11-20,21-12-6-2-7-13-21)22-14-8-3-9-15-22/h1-17,23-24,26H,18-19H2,(H,30,32,33)/t23-,24+,26+/m0/s1. The summed E-state index contributed by atoms with van der Waals surface area (Å²) in [5, 5.41) is 0. The summed E-state index contributed by atoms with van der Waals surface area (Å²) in [6.45, 7) is -0.0472. The van der Waals surface area contributed by atoms with Crippen LogP contribution in [0.5, 0.6) is 0 Å². The van der Waals surface area contributed by atoms with Gasteiger partial charge in [0.05, 0.1) is 6.61 Å². The first-order chi connectivity index (χ1) is 17.1. The van der Waals surface area contributed by atoms with Crippen molar-refractivity contribution in [3.05, 3.63) is 141 Å². The second-order valence-electron chi connectivity index (χ2n) is 8.49. The Balaban J connectivity index is 1.50. The lowest BCUT2D eigenvalue weighted by Crippen LogP contribution is -2.37. The summed E-state index contributed by atoms with van der Waals surface area (Å²) in [6, 6.07) is 30.7. The maximum absolute atomic E-state index is 15.1. The Kier molecular flexibility index (Phi) is 6.44. The molecule has 2 heterocycles. The summed E-state index contributed by atoms with van der Waals surface area (Å²) in [6.07, 6.45) is -1.77. The minimum atomic E-state index is -1.35. The van der Waals surface area contributed by atoms with Crippen molar-refractivity contribution in [2.75, 3.05) is 6.61 Å². The first kappa shape index (κ1) is 23.0. The van der Waals surface area contributed by atoms with Crippen LogP contribution in [0.4, 0.5) is 4.39 Å². The van der Waals surface area contributed by atoms with E-state index >= 15 is 4.39 Å². The molecular weight excluding hydrogens is 447 g/mol. The average molecular weight is 473 g/mol. The molecule has 0 bridgehead atoms. The van der Waals surface area contributed by atoms with Gasteiger partial charge in [-0.05, 0) is 16.7 Å². The molecule has 4 aromatic rings. The highest BCUT2D eigenvalue weighted by atomic mass is 19.1. The number of alkyl halides is 1. The van der Waals surface area contributed by atoms with Crippen molar-refractivity contribution in [3.8, 4) is 0 Å². The normalized spacial score (nSPS) is 20.1. The number of benzene rings is 3. The second kappa shape index (κ2) is 9.82. The van der Waals surface area contributed by atoms with Crippen LogP contribution in [0.3, 0.4) is 0 Å². The third kappa shape index (κ3) is 4.48. The van der Waals surface area contributed by atoms with Gasteiger partial charge in [-0.1, -0.05) is 91.0 Å². The van der Waals surface area contributed by atoms with Crippen LogP contribution in [-0.4, -0.2) is 28.4 Å². The van der Waals surface area contributed by atoms with Gasteiger partial charge >= 0.3 is 5.69 Å². The van der Waals surface area contributed by atoms with Gasteiger partial charge in [0.15, 0.2) is 0 Å². The molecule has 6 nitrogen and oxygen atoms in total. The maximum atomic E-state index is 15.1. The van der Waals surface area contributed by atoms with E-state index in [2.05, 4.69) is 4.98 Å². The van der Waals surface area contributed by atoms with E-state index < -0.39 is 35.4 Å². The molecule has 7 heteroatoms. The molecule has 1 fully saturated rings. The SMILES string of the molecule is O=c1ccn([C@H]2C[C@H](F)[C@@H](COC(c3ccccc3)(c3ccccc3)c3ccccc3)O2)c(=O)[nH]1. The molecular formula is C28H25FN2O4. The van der Waals surface area contributed by atoms with Gasteiger partial charge in [-0.15, -0.1) is 0 Å². The summed E-state index contributed by atoms with van der Waals surface area (Å²) in [7, 11) is 0. The number of aromatic nitrogens is 2. The third-order valence-corrected chi connectivity index (χ3v) is 6.33. The van der Waals surface area contributed by atoms with Gasteiger partial charge in [0.2, 0.25) is 0 Å². The Morgan fingerprint density at radius 2 is 1.37 bits per heavy atom. The van der Waals surface area contributed by atoms with Crippen LogP contribution in [0, 0.1) is 0 Å². The van der Waals surface area contributed by atoms with Crippen LogP contribution in [0.2, 0.25) is 0 Å². The lowest BCUT2D eigenvalue weighted by Gasteiger charge is -2.36.